The van der Waals surface area contributed by atoms with Crippen molar-refractivity contribution in [2.75, 3.05) is 0 Å². The van der Waals surface area contributed by atoms with Gasteiger partial charge in [0.15, 0.2) is 10.3 Å². The molecule has 0 bridgehead atoms. The normalized spacial score (nSPS) is 10.6. The molecule has 0 unspecified atom stereocenters. The monoisotopic (exact) mass is 257 g/mol. The number of nitrogens with one attached hydrogen (secondary N) is 1. The molecule has 0 spiro atoms. The summed E-state index contributed by atoms with van der Waals surface area (Å²) in [5, 5.41) is 14.8. The Balaban J connectivity index is 2.05. The Hall–Kier alpha value is -1.34. The van der Waals surface area contributed by atoms with Crippen LogP contribution in [-0.2, 0) is 12.8 Å². The average molecular weight is 258 g/mol. The van der Waals surface area contributed by atoms with Gasteiger partial charge in [0.1, 0.15) is 0 Å². The fourth-order valence-corrected chi connectivity index (χ4v) is 1.94. The highest BCUT2D eigenvalue weighted by atomic mass is 35.5. The molecular weight excluding hydrogens is 250 g/mol. The predicted octanol–water partition coefficient (Wildman–Crippen LogP) is 0.844. The highest BCUT2D eigenvalue weighted by molar-refractivity contribution is 7.98. The lowest BCUT2D eigenvalue weighted by Crippen LogP contribution is -2.12. The Kier molecular flexibility index (Phi) is 3.25. The molecule has 0 aliphatic rings. The molecule has 2 aromatic heterocycles. The summed E-state index contributed by atoms with van der Waals surface area (Å²) in [7, 11) is 1.65. The van der Waals surface area contributed by atoms with E-state index in [1.165, 1.54) is 16.3 Å². The summed E-state index contributed by atoms with van der Waals surface area (Å²) in [5.74, 6) is 0.586. The largest absolute Gasteiger partial charge is 0.343 e. The van der Waals surface area contributed by atoms with Crippen LogP contribution < -0.4 is 5.69 Å². The first-order chi connectivity index (χ1) is 7.66. The molecule has 0 saturated carbocycles. The van der Waals surface area contributed by atoms with Crippen molar-refractivity contribution in [1.29, 1.82) is 0 Å². The zero-order valence-corrected chi connectivity index (χ0v) is 9.92. The van der Waals surface area contributed by atoms with Crippen molar-refractivity contribution in [3.63, 3.8) is 0 Å². The van der Waals surface area contributed by atoms with Gasteiger partial charge in [-0.2, -0.15) is 5.10 Å². The number of halogens is 1. The van der Waals surface area contributed by atoms with E-state index in [1.54, 1.807) is 19.2 Å². The molecule has 16 heavy (non-hydrogen) atoms. The maximum atomic E-state index is 11.1. The fourth-order valence-electron chi connectivity index (χ4n) is 1.02. The van der Waals surface area contributed by atoms with Gasteiger partial charge in [-0.3, -0.25) is 4.57 Å². The first-order valence-electron chi connectivity index (χ1n) is 4.39. The number of aromatic amines is 1. The molecule has 0 aliphatic carbocycles. The SMILES string of the molecule is Cn1c(SCc2ccc(Cl)nn2)n[nH]c1=O. The minimum absolute atomic E-state index is 0.232. The number of hydrogen-bond acceptors (Lipinski definition) is 5. The van der Waals surface area contributed by atoms with Crippen LogP contribution in [0, 0.1) is 0 Å². The van der Waals surface area contributed by atoms with Crippen LogP contribution in [0.4, 0.5) is 0 Å². The van der Waals surface area contributed by atoms with Gasteiger partial charge >= 0.3 is 5.69 Å². The number of H-pyrrole nitrogens is 1. The van der Waals surface area contributed by atoms with Gasteiger partial charge in [-0.1, -0.05) is 23.4 Å². The third-order valence-electron chi connectivity index (χ3n) is 1.88. The van der Waals surface area contributed by atoms with Crippen molar-refractivity contribution in [2.24, 2.45) is 7.05 Å². The van der Waals surface area contributed by atoms with Crippen molar-refractivity contribution in [2.45, 2.75) is 10.9 Å². The van der Waals surface area contributed by atoms with E-state index in [4.69, 9.17) is 11.6 Å². The van der Waals surface area contributed by atoms with Crippen LogP contribution in [0.3, 0.4) is 0 Å². The summed E-state index contributed by atoms with van der Waals surface area (Å²) in [6, 6.07) is 3.46. The quantitative estimate of drug-likeness (QED) is 0.825. The molecule has 0 amide bonds. The summed E-state index contributed by atoms with van der Waals surface area (Å²) >= 11 is 7.02. The highest BCUT2D eigenvalue weighted by Gasteiger charge is 2.05. The summed E-state index contributed by atoms with van der Waals surface area (Å²) in [4.78, 5) is 11.1. The van der Waals surface area contributed by atoms with E-state index >= 15 is 0 Å². The molecule has 84 valence electrons. The van der Waals surface area contributed by atoms with Gasteiger partial charge in [0, 0.05) is 12.8 Å². The number of rotatable bonds is 3. The lowest BCUT2D eigenvalue weighted by Gasteiger charge is -1.98. The van der Waals surface area contributed by atoms with Crippen molar-refractivity contribution >= 4 is 23.4 Å². The van der Waals surface area contributed by atoms with Crippen LogP contribution in [0.2, 0.25) is 5.15 Å². The van der Waals surface area contributed by atoms with Crippen LogP contribution in [0.15, 0.2) is 22.1 Å². The maximum Gasteiger partial charge on any atom is 0.343 e. The molecule has 1 N–H and O–H groups in total. The van der Waals surface area contributed by atoms with E-state index in [0.717, 1.165) is 5.69 Å². The van der Waals surface area contributed by atoms with Gasteiger partial charge in [0.25, 0.3) is 0 Å². The van der Waals surface area contributed by atoms with Crippen LogP contribution in [0.1, 0.15) is 5.69 Å². The van der Waals surface area contributed by atoms with Gasteiger partial charge in [0.2, 0.25) is 0 Å². The first kappa shape index (κ1) is 11.2. The molecule has 8 heteroatoms. The maximum absolute atomic E-state index is 11.1. The molecule has 0 saturated heterocycles. The molecule has 2 heterocycles. The molecule has 2 rings (SSSR count). The van der Waals surface area contributed by atoms with Crippen LogP contribution in [0.25, 0.3) is 0 Å². The molecule has 2 aromatic rings. The highest BCUT2D eigenvalue weighted by Crippen LogP contribution is 2.17. The zero-order valence-electron chi connectivity index (χ0n) is 8.35. The first-order valence-corrected chi connectivity index (χ1v) is 5.75. The van der Waals surface area contributed by atoms with E-state index < -0.39 is 0 Å². The molecule has 0 aliphatic heterocycles. The molecular formula is C8H8ClN5OS. The number of aromatic nitrogens is 5. The van der Waals surface area contributed by atoms with E-state index in [2.05, 4.69) is 20.4 Å². The standard InChI is InChI=1S/C8H8ClN5OS/c1-14-7(15)12-13-8(14)16-4-5-2-3-6(9)11-10-5/h2-3H,4H2,1H3,(H,12,15). The lowest BCUT2D eigenvalue weighted by atomic mass is 10.4. The minimum Gasteiger partial charge on any atom is -0.273 e. The molecule has 0 fully saturated rings. The van der Waals surface area contributed by atoms with Crippen LogP contribution >= 0.6 is 23.4 Å². The zero-order chi connectivity index (χ0) is 11.5. The fraction of sp³-hybridized carbons (Fsp3) is 0.250. The van der Waals surface area contributed by atoms with Gasteiger partial charge in [0.05, 0.1) is 5.69 Å². The topological polar surface area (TPSA) is 76.5 Å². The minimum atomic E-state index is -0.232. The Bertz CT molecular complexity index is 534. The van der Waals surface area contributed by atoms with Crippen molar-refractivity contribution in [3.8, 4) is 0 Å². The van der Waals surface area contributed by atoms with Crippen molar-refractivity contribution < 1.29 is 0 Å². The van der Waals surface area contributed by atoms with Crippen molar-refractivity contribution in [3.05, 3.63) is 33.5 Å². The van der Waals surface area contributed by atoms with E-state index in [0.29, 0.717) is 16.1 Å². The predicted molar refractivity (Wildman–Crippen MR) is 60.4 cm³/mol. The lowest BCUT2D eigenvalue weighted by molar-refractivity contribution is 0.765. The second-order valence-corrected chi connectivity index (χ2v) is 4.34. The van der Waals surface area contributed by atoms with Crippen LogP contribution in [-0.4, -0.2) is 25.0 Å². The number of nitrogens with zero attached hydrogens (tertiary/aromatic N) is 4. The number of hydrogen-bond donors (Lipinski definition) is 1. The molecule has 6 nitrogen and oxygen atoms in total. The molecule has 0 atom stereocenters. The second kappa shape index (κ2) is 4.67. The molecule has 0 aromatic carbocycles. The van der Waals surface area contributed by atoms with Gasteiger partial charge in [-0.15, -0.1) is 10.2 Å². The third-order valence-corrected chi connectivity index (χ3v) is 3.14. The summed E-state index contributed by atoms with van der Waals surface area (Å²) in [5.41, 5.74) is 0.550. The van der Waals surface area contributed by atoms with Gasteiger partial charge in [-0.25, -0.2) is 9.89 Å². The molecule has 0 radical (unpaired) electrons. The third kappa shape index (κ3) is 2.42. The Morgan fingerprint density at radius 2 is 2.31 bits per heavy atom. The second-order valence-electron chi connectivity index (χ2n) is 3.01. The summed E-state index contributed by atoms with van der Waals surface area (Å²) in [6.45, 7) is 0. The Labute approximate surface area is 100 Å². The Morgan fingerprint density at radius 3 is 2.88 bits per heavy atom. The average Bonchev–Trinajstić information content (AvgIpc) is 2.60. The van der Waals surface area contributed by atoms with Gasteiger partial charge in [-0.05, 0) is 12.1 Å². The van der Waals surface area contributed by atoms with Crippen LogP contribution in [0.5, 0.6) is 0 Å². The van der Waals surface area contributed by atoms with E-state index in [1.807, 2.05) is 0 Å². The Morgan fingerprint density at radius 1 is 1.50 bits per heavy atom. The van der Waals surface area contributed by atoms with Crippen molar-refractivity contribution in [1.82, 2.24) is 25.0 Å². The summed E-state index contributed by atoms with van der Waals surface area (Å²) < 4.78 is 1.44. The summed E-state index contributed by atoms with van der Waals surface area (Å²) in [6.07, 6.45) is 0. The van der Waals surface area contributed by atoms with E-state index in [9.17, 15) is 4.79 Å². The number of thioether (sulfide) groups is 1. The smallest absolute Gasteiger partial charge is 0.273 e. The van der Waals surface area contributed by atoms with Gasteiger partial charge < -0.3 is 0 Å². The van der Waals surface area contributed by atoms with E-state index in [-0.39, 0.29) is 5.69 Å².